The van der Waals surface area contributed by atoms with E-state index in [1.807, 2.05) is 31.2 Å². The quantitative estimate of drug-likeness (QED) is 0.915. The lowest BCUT2D eigenvalue weighted by molar-refractivity contribution is 0.173. The van der Waals surface area contributed by atoms with Gasteiger partial charge in [-0.2, -0.15) is 0 Å². The maximum atomic E-state index is 5.66. The van der Waals surface area contributed by atoms with Gasteiger partial charge in [-0.15, -0.1) is 0 Å². The van der Waals surface area contributed by atoms with E-state index in [-0.39, 0.29) is 6.79 Å². The molecule has 0 fully saturated rings. The summed E-state index contributed by atoms with van der Waals surface area (Å²) in [4.78, 5) is 0. The number of benzene rings is 1. The summed E-state index contributed by atoms with van der Waals surface area (Å²) in [6, 6.07) is 7.40. The number of fused-ring (bicyclic) bond motifs is 1. The second kappa shape index (κ2) is 4.85. The van der Waals surface area contributed by atoms with Crippen LogP contribution in [-0.2, 0) is 13.2 Å². The zero-order valence-electron chi connectivity index (χ0n) is 10.6. The highest BCUT2D eigenvalue weighted by molar-refractivity contribution is 5.46. The van der Waals surface area contributed by atoms with Crippen LogP contribution in [0.1, 0.15) is 17.1 Å². The molecule has 2 N–H and O–H groups in total. The first-order valence-corrected chi connectivity index (χ1v) is 6.07. The summed E-state index contributed by atoms with van der Waals surface area (Å²) in [5.41, 5.74) is 6.61. The first kappa shape index (κ1) is 11.9. The van der Waals surface area contributed by atoms with Crippen molar-refractivity contribution in [2.45, 2.75) is 20.1 Å². The molecule has 0 saturated carbocycles. The van der Waals surface area contributed by atoms with E-state index in [0.29, 0.717) is 24.7 Å². The molecule has 3 rings (SSSR count). The molecule has 0 bridgehead atoms. The second-order valence-corrected chi connectivity index (χ2v) is 4.30. The van der Waals surface area contributed by atoms with Crippen molar-refractivity contribution in [3.05, 3.63) is 41.3 Å². The highest BCUT2D eigenvalue weighted by atomic mass is 16.7. The van der Waals surface area contributed by atoms with E-state index in [1.54, 1.807) is 0 Å². The van der Waals surface area contributed by atoms with Gasteiger partial charge in [0, 0.05) is 18.2 Å². The summed E-state index contributed by atoms with van der Waals surface area (Å²) < 4.78 is 21.7. The standard InChI is InChI=1S/C14H15NO4/c1-9-10(6-15)4-12(19-9)7-16-11-2-3-13-14(5-11)18-8-17-13/h2-5H,6-8,15H2,1H3. The van der Waals surface area contributed by atoms with Crippen molar-refractivity contribution in [3.63, 3.8) is 0 Å². The predicted octanol–water partition coefficient (Wildman–Crippen LogP) is 2.35. The number of hydrogen-bond donors (Lipinski definition) is 1. The maximum Gasteiger partial charge on any atom is 0.231 e. The Morgan fingerprint density at radius 1 is 1.21 bits per heavy atom. The first-order chi connectivity index (χ1) is 9.26. The molecule has 0 aliphatic carbocycles. The molecule has 2 aromatic rings. The van der Waals surface area contributed by atoms with Crippen molar-refractivity contribution >= 4 is 0 Å². The Morgan fingerprint density at radius 3 is 2.84 bits per heavy atom. The maximum absolute atomic E-state index is 5.66. The van der Waals surface area contributed by atoms with E-state index < -0.39 is 0 Å². The zero-order valence-corrected chi connectivity index (χ0v) is 10.6. The Balaban J connectivity index is 1.68. The van der Waals surface area contributed by atoms with E-state index in [2.05, 4.69) is 0 Å². The van der Waals surface area contributed by atoms with E-state index >= 15 is 0 Å². The van der Waals surface area contributed by atoms with E-state index in [0.717, 1.165) is 22.8 Å². The molecule has 100 valence electrons. The van der Waals surface area contributed by atoms with Crippen molar-refractivity contribution < 1.29 is 18.6 Å². The van der Waals surface area contributed by atoms with Crippen molar-refractivity contribution in [1.82, 2.24) is 0 Å². The molecule has 0 radical (unpaired) electrons. The van der Waals surface area contributed by atoms with Gasteiger partial charge in [-0.1, -0.05) is 0 Å². The van der Waals surface area contributed by atoms with E-state index in [4.69, 9.17) is 24.4 Å². The van der Waals surface area contributed by atoms with Crippen molar-refractivity contribution in [2.24, 2.45) is 5.73 Å². The molecule has 1 aliphatic heterocycles. The molecule has 0 amide bonds. The van der Waals surface area contributed by atoms with Gasteiger partial charge in [0.2, 0.25) is 6.79 Å². The molecule has 1 aliphatic rings. The van der Waals surface area contributed by atoms with Crippen molar-refractivity contribution in [3.8, 4) is 17.2 Å². The Kier molecular flexibility index (Phi) is 3.05. The smallest absolute Gasteiger partial charge is 0.231 e. The van der Waals surface area contributed by atoms with Gasteiger partial charge >= 0.3 is 0 Å². The Morgan fingerprint density at radius 2 is 2.05 bits per heavy atom. The van der Waals surface area contributed by atoms with Gasteiger partial charge in [-0.3, -0.25) is 0 Å². The molecule has 1 aromatic heterocycles. The lowest BCUT2D eigenvalue weighted by Crippen LogP contribution is -1.96. The van der Waals surface area contributed by atoms with Gasteiger partial charge in [0.25, 0.3) is 0 Å². The number of furan rings is 1. The van der Waals surface area contributed by atoms with Crippen LogP contribution in [0.4, 0.5) is 0 Å². The number of nitrogens with two attached hydrogens (primary N) is 1. The summed E-state index contributed by atoms with van der Waals surface area (Å²) in [7, 11) is 0. The average molecular weight is 261 g/mol. The fraction of sp³-hybridized carbons (Fsp3) is 0.286. The second-order valence-electron chi connectivity index (χ2n) is 4.30. The van der Waals surface area contributed by atoms with Crippen LogP contribution < -0.4 is 19.9 Å². The molecule has 2 heterocycles. The van der Waals surface area contributed by atoms with Crippen molar-refractivity contribution in [2.75, 3.05) is 6.79 Å². The minimum atomic E-state index is 0.260. The minimum Gasteiger partial charge on any atom is -0.486 e. The van der Waals surface area contributed by atoms with Gasteiger partial charge in [-0.25, -0.2) is 0 Å². The SMILES string of the molecule is Cc1oc(COc2ccc3c(c2)OCO3)cc1CN. The third-order valence-corrected chi connectivity index (χ3v) is 3.02. The summed E-state index contributed by atoms with van der Waals surface area (Å²) >= 11 is 0. The number of ether oxygens (including phenoxy) is 3. The molecule has 5 nitrogen and oxygen atoms in total. The molecule has 0 atom stereocenters. The van der Waals surface area contributed by atoms with Crippen LogP contribution in [0, 0.1) is 6.92 Å². The highest BCUT2D eigenvalue weighted by Crippen LogP contribution is 2.35. The molecule has 0 unspecified atom stereocenters. The van der Waals surface area contributed by atoms with Gasteiger partial charge in [0.05, 0.1) is 0 Å². The third kappa shape index (κ3) is 2.37. The fourth-order valence-corrected chi connectivity index (χ4v) is 1.98. The average Bonchev–Trinajstić information content (AvgIpc) is 3.01. The van der Waals surface area contributed by atoms with Crippen LogP contribution in [0.5, 0.6) is 17.2 Å². The van der Waals surface area contributed by atoms with E-state index in [1.165, 1.54) is 0 Å². The van der Waals surface area contributed by atoms with Gasteiger partial charge in [0.15, 0.2) is 11.5 Å². The molecule has 19 heavy (non-hydrogen) atoms. The number of rotatable bonds is 4. The van der Waals surface area contributed by atoms with Crippen LogP contribution in [0.2, 0.25) is 0 Å². The summed E-state index contributed by atoms with van der Waals surface area (Å²) in [5.74, 6) is 3.76. The molecular weight excluding hydrogens is 246 g/mol. The molecule has 0 saturated heterocycles. The Labute approximate surface area is 110 Å². The number of aryl methyl sites for hydroxylation is 1. The summed E-state index contributed by atoms with van der Waals surface area (Å²) in [5, 5.41) is 0. The lowest BCUT2D eigenvalue weighted by atomic mass is 10.2. The van der Waals surface area contributed by atoms with Crippen LogP contribution in [0.15, 0.2) is 28.7 Å². The highest BCUT2D eigenvalue weighted by Gasteiger charge is 2.14. The monoisotopic (exact) mass is 261 g/mol. The lowest BCUT2D eigenvalue weighted by Gasteiger charge is -2.04. The Bertz CT molecular complexity index is 591. The minimum absolute atomic E-state index is 0.260. The predicted molar refractivity (Wildman–Crippen MR) is 68.2 cm³/mol. The molecule has 5 heteroatoms. The Hall–Kier alpha value is -2.14. The topological polar surface area (TPSA) is 66.8 Å². The van der Waals surface area contributed by atoms with Crippen LogP contribution >= 0.6 is 0 Å². The van der Waals surface area contributed by atoms with Gasteiger partial charge in [0.1, 0.15) is 23.9 Å². The van der Waals surface area contributed by atoms with E-state index in [9.17, 15) is 0 Å². The number of hydrogen-bond acceptors (Lipinski definition) is 5. The van der Waals surface area contributed by atoms with Gasteiger partial charge in [-0.05, 0) is 25.1 Å². The third-order valence-electron chi connectivity index (χ3n) is 3.02. The summed E-state index contributed by atoms with van der Waals surface area (Å²) in [6.45, 7) is 2.99. The van der Waals surface area contributed by atoms with Crippen molar-refractivity contribution in [1.29, 1.82) is 0 Å². The summed E-state index contributed by atoms with van der Waals surface area (Å²) in [6.07, 6.45) is 0. The zero-order chi connectivity index (χ0) is 13.2. The fourth-order valence-electron chi connectivity index (χ4n) is 1.98. The van der Waals surface area contributed by atoms with Crippen LogP contribution in [-0.4, -0.2) is 6.79 Å². The largest absolute Gasteiger partial charge is 0.486 e. The molecular formula is C14H15NO4. The normalized spacial score (nSPS) is 12.7. The van der Waals surface area contributed by atoms with Crippen LogP contribution in [0.3, 0.4) is 0 Å². The van der Waals surface area contributed by atoms with Crippen LogP contribution in [0.25, 0.3) is 0 Å². The molecule has 1 aromatic carbocycles. The first-order valence-electron chi connectivity index (χ1n) is 6.07. The molecule has 0 spiro atoms. The van der Waals surface area contributed by atoms with Gasteiger partial charge < -0.3 is 24.4 Å².